The minimum atomic E-state index is -0.516. The van der Waals surface area contributed by atoms with E-state index in [1.165, 1.54) is 41.6 Å². The van der Waals surface area contributed by atoms with Crippen molar-refractivity contribution in [2.45, 2.75) is 76.6 Å². The molecule has 7 nitrogen and oxygen atoms in total. The number of H-pyrrole nitrogens is 1. The zero-order valence-electron chi connectivity index (χ0n) is 24.4. The van der Waals surface area contributed by atoms with E-state index in [1.807, 2.05) is 27.0 Å². The van der Waals surface area contributed by atoms with Gasteiger partial charge in [0.25, 0.3) is 0 Å². The van der Waals surface area contributed by atoms with Crippen molar-refractivity contribution in [1.29, 1.82) is 0 Å². The van der Waals surface area contributed by atoms with Gasteiger partial charge in [0.2, 0.25) is 0 Å². The average Bonchev–Trinajstić information content (AvgIpc) is 3.74. The first-order valence-electron chi connectivity index (χ1n) is 14.8. The Balaban J connectivity index is 1.12. The van der Waals surface area contributed by atoms with Crippen LogP contribution in [-0.4, -0.2) is 63.7 Å². The third kappa shape index (κ3) is 5.95. The number of nitrogens with one attached hydrogen (secondary N) is 2. The van der Waals surface area contributed by atoms with Gasteiger partial charge in [-0.25, -0.2) is 9.78 Å². The lowest BCUT2D eigenvalue weighted by molar-refractivity contribution is 0.0218. The highest BCUT2D eigenvalue weighted by Crippen LogP contribution is 2.37. The zero-order chi connectivity index (χ0) is 28.7. The minimum Gasteiger partial charge on any atom is -0.444 e. The molecule has 41 heavy (non-hydrogen) atoms. The summed E-state index contributed by atoms with van der Waals surface area (Å²) in [7, 11) is 2.24. The third-order valence-electron chi connectivity index (χ3n) is 8.60. The van der Waals surface area contributed by atoms with Crippen LogP contribution in [-0.2, 0) is 4.74 Å². The number of ether oxygens (including phenoxy) is 1. The molecule has 3 aromatic rings. The number of nitrogens with zero attached hydrogens (tertiary/aromatic N) is 3. The quantitative estimate of drug-likeness (QED) is 0.293. The Labute approximate surface area is 251 Å². The predicted octanol–water partition coefficient (Wildman–Crippen LogP) is 7.34. The molecule has 0 aliphatic carbocycles. The lowest BCUT2D eigenvalue weighted by Gasteiger charge is -2.27. The second-order valence-electron chi connectivity index (χ2n) is 12.6. The van der Waals surface area contributed by atoms with Crippen molar-refractivity contribution in [3.05, 3.63) is 70.7 Å². The normalized spacial score (nSPS) is 23.3. The molecule has 2 aromatic carbocycles. The Hall–Kier alpha value is -3.10. The number of halogens is 1. The maximum atomic E-state index is 12.7. The number of imidazole rings is 1. The molecule has 3 aliphatic heterocycles. The monoisotopic (exact) mass is 617 g/mol. The number of hydrogen-bond acceptors (Lipinski definition) is 5. The molecule has 8 heteroatoms. The number of benzene rings is 2. The molecule has 0 radical (unpaired) electrons. The summed E-state index contributed by atoms with van der Waals surface area (Å²) >= 11 is 3.80. The third-order valence-corrected chi connectivity index (χ3v) is 9.30. The summed E-state index contributed by atoms with van der Waals surface area (Å²) in [4.78, 5) is 25.1. The van der Waals surface area contributed by atoms with Gasteiger partial charge in [0, 0.05) is 18.6 Å². The fraction of sp³-hybridized carbons (Fsp3) is 0.455. The largest absolute Gasteiger partial charge is 0.444 e. The lowest BCUT2D eigenvalue weighted by Crippen LogP contribution is -2.42. The van der Waals surface area contributed by atoms with Gasteiger partial charge in [0.1, 0.15) is 11.4 Å². The molecule has 0 spiro atoms. The van der Waals surface area contributed by atoms with E-state index in [1.54, 1.807) is 4.90 Å². The van der Waals surface area contributed by atoms with Crippen LogP contribution in [0.4, 0.5) is 4.79 Å². The van der Waals surface area contributed by atoms with Gasteiger partial charge in [-0.15, -0.1) is 0 Å². The van der Waals surface area contributed by atoms with Gasteiger partial charge in [-0.05, 0) is 110 Å². The highest BCUT2D eigenvalue weighted by atomic mass is 79.9. The molecule has 2 saturated heterocycles. The smallest absolute Gasteiger partial charge is 0.410 e. The first kappa shape index (κ1) is 28.0. The number of carbonyl (C=O) groups excluding carboxylic acids is 1. The van der Waals surface area contributed by atoms with Crippen LogP contribution in [0.5, 0.6) is 0 Å². The van der Waals surface area contributed by atoms with E-state index in [9.17, 15) is 4.79 Å². The van der Waals surface area contributed by atoms with E-state index in [-0.39, 0.29) is 12.1 Å². The van der Waals surface area contributed by atoms with Crippen molar-refractivity contribution >= 4 is 27.6 Å². The van der Waals surface area contributed by atoms with Gasteiger partial charge in [0.15, 0.2) is 0 Å². The Morgan fingerprint density at radius 2 is 1.59 bits per heavy atom. The van der Waals surface area contributed by atoms with Crippen LogP contribution in [0.1, 0.15) is 70.3 Å². The molecular formula is C33H40BrN5O2. The summed E-state index contributed by atoms with van der Waals surface area (Å²) in [5, 5.41) is 3.70. The van der Waals surface area contributed by atoms with Crippen molar-refractivity contribution in [2.75, 3.05) is 20.1 Å². The maximum Gasteiger partial charge on any atom is 0.410 e. The maximum absolute atomic E-state index is 12.7. The predicted molar refractivity (Wildman–Crippen MR) is 167 cm³/mol. The van der Waals surface area contributed by atoms with Crippen LogP contribution in [0, 0.1) is 0 Å². The molecule has 6 rings (SSSR count). The number of likely N-dealkylation sites (tertiary alicyclic amines) is 2. The van der Waals surface area contributed by atoms with Gasteiger partial charge in [-0.3, -0.25) is 4.90 Å². The zero-order valence-corrected chi connectivity index (χ0v) is 26.0. The van der Waals surface area contributed by atoms with Crippen molar-refractivity contribution in [2.24, 2.45) is 0 Å². The van der Waals surface area contributed by atoms with Gasteiger partial charge < -0.3 is 19.9 Å². The topological polar surface area (TPSA) is 73.5 Å². The van der Waals surface area contributed by atoms with Gasteiger partial charge in [0.05, 0.1) is 22.5 Å². The number of hydrogen-bond donors (Lipinski definition) is 2. The molecule has 2 N–H and O–H groups in total. The summed E-state index contributed by atoms with van der Waals surface area (Å²) in [5.41, 5.74) is 6.50. The van der Waals surface area contributed by atoms with E-state index in [0.29, 0.717) is 18.6 Å². The number of aromatic amines is 1. The number of aromatic nitrogens is 2. The summed E-state index contributed by atoms with van der Waals surface area (Å²) in [6.45, 7) is 7.57. The molecular weight excluding hydrogens is 578 g/mol. The van der Waals surface area contributed by atoms with Crippen molar-refractivity contribution in [3.63, 3.8) is 0 Å². The second kappa shape index (κ2) is 11.3. The minimum absolute atomic E-state index is 0.0871. The molecule has 4 heterocycles. The lowest BCUT2D eigenvalue weighted by atomic mass is 9.95. The Morgan fingerprint density at radius 1 is 0.951 bits per heavy atom. The Kier molecular flexibility index (Phi) is 7.72. The highest BCUT2D eigenvalue weighted by molar-refractivity contribution is 9.11. The molecule has 1 amide bonds. The molecule has 2 fully saturated rings. The molecule has 0 bridgehead atoms. The van der Waals surface area contributed by atoms with Crippen molar-refractivity contribution < 1.29 is 9.53 Å². The number of likely N-dealkylation sites (N-methyl/N-ethyl adjacent to an activating group) is 1. The van der Waals surface area contributed by atoms with Crippen LogP contribution >= 0.6 is 15.9 Å². The summed E-state index contributed by atoms with van der Waals surface area (Å²) in [6.07, 6.45) is 7.01. The average molecular weight is 619 g/mol. The summed E-state index contributed by atoms with van der Waals surface area (Å²) in [5.74, 6) is 0.812. The second-order valence-corrected chi connectivity index (χ2v) is 13.4. The van der Waals surface area contributed by atoms with Gasteiger partial charge in [-0.2, -0.15) is 0 Å². The molecule has 0 saturated carbocycles. The van der Waals surface area contributed by atoms with E-state index in [2.05, 4.69) is 91.7 Å². The first-order valence-corrected chi connectivity index (χ1v) is 15.6. The van der Waals surface area contributed by atoms with E-state index < -0.39 is 5.60 Å². The Morgan fingerprint density at radius 3 is 2.22 bits per heavy atom. The summed E-state index contributed by atoms with van der Waals surface area (Å²) in [6, 6.07) is 18.5. The fourth-order valence-electron chi connectivity index (χ4n) is 6.48. The number of carbonyl (C=O) groups is 1. The molecule has 3 aliphatic rings. The van der Waals surface area contributed by atoms with Gasteiger partial charge in [-0.1, -0.05) is 48.5 Å². The van der Waals surface area contributed by atoms with Gasteiger partial charge >= 0.3 is 6.09 Å². The van der Waals surface area contributed by atoms with Crippen LogP contribution in [0.15, 0.2) is 59.3 Å². The van der Waals surface area contributed by atoms with E-state index in [4.69, 9.17) is 4.74 Å². The van der Waals surface area contributed by atoms with Crippen LogP contribution < -0.4 is 5.32 Å². The van der Waals surface area contributed by atoms with Crippen LogP contribution in [0.2, 0.25) is 0 Å². The number of rotatable bonds is 5. The molecule has 3 atom stereocenters. The molecule has 216 valence electrons. The van der Waals surface area contributed by atoms with Crippen molar-refractivity contribution in [3.8, 4) is 22.4 Å². The standard InChI is InChI=1S/C33H40BrN5O2/c1-33(2,3)41-32(40)39-18-6-8-29(39)31-35-20-27(37-31)24-15-11-22(12-16-24)21-9-13-23(14-10-21)25-19-26(36-30(25)34)28-7-5-17-38(28)4/h9-16,20,26,28-29,36H,5-8,17-19H2,1-4H3,(H,35,37)/t26?,28-,29-/m0/s1. The van der Waals surface area contributed by atoms with Crippen molar-refractivity contribution in [1.82, 2.24) is 25.1 Å². The van der Waals surface area contributed by atoms with E-state index >= 15 is 0 Å². The highest BCUT2D eigenvalue weighted by Gasteiger charge is 2.36. The molecule has 1 aromatic heterocycles. The fourth-order valence-corrected chi connectivity index (χ4v) is 7.17. The first-order chi connectivity index (χ1) is 19.7. The molecule has 1 unspecified atom stereocenters. The van der Waals surface area contributed by atoms with E-state index in [0.717, 1.165) is 41.0 Å². The Bertz CT molecular complexity index is 1420. The summed E-state index contributed by atoms with van der Waals surface area (Å²) < 4.78 is 6.76. The van der Waals surface area contributed by atoms with Crippen LogP contribution in [0.3, 0.4) is 0 Å². The van der Waals surface area contributed by atoms with Crippen LogP contribution in [0.25, 0.3) is 28.0 Å². The SMILES string of the molecule is CN1CCC[C@H]1C1CC(c2ccc(-c3ccc(-c4cnc([C@@H]5CCCN5C(=O)OC(C)(C)C)[nH]4)cc3)cc2)=C(Br)N1. The number of amides is 1.